The van der Waals surface area contributed by atoms with Crippen molar-refractivity contribution in [3.05, 3.63) is 0 Å². The molecule has 0 amide bonds. The standard InChI is InChI=1S/C3HF4N3O2S/c4-1-8-3(10-9-1,13(11)12)2(5,6)7/h(H,11,12)/p-1. The van der Waals surface area contributed by atoms with Gasteiger partial charge in [-0.05, 0) is 0 Å². The Hall–Kier alpha value is -0.900. The van der Waals surface area contributed by atoms with Crippen LogP contribution in [0.1, 0.15) is 0 Å². The summed E-state index contributed by atoms with van der Waals surface area (Å²) in [6.45, 7) is 0. The molecule has 2 atom stereocenters. The van der Waals surface area contributed by atoms with Crippen LogP contribution in [0.5, 0.6) is 0 Å². The first-order valence-corrected chi connectivity index (χ1v) is 3.71. The van der Waals surface area contributed by atoms with Gasteiger partial charge in [-0.2, -0.15) is 22.6 Å². The molecule has 13 heavy (non-hydrogen) atoms. The molecule has 1 heterocycles. The monoisotopic (exact) mass is 218 g/mol. The van der Waals surface area contributed by atoms with Crippen molar-refractivity contribution in [2.45, 2.75) is 11.2 Å². The summed E-state index contributed by atoms with van der Waals surface area (Å²) in [5.74, 6) is 0. The second-order valence-electron chi connectivity index (χ2n) is 1.92. The molecule has 1 aliphatic rings. The summed E-state index contributed by atoms with van der Waals surface area (Å²) in [6.07, 6.45) is -7.14. The number of alkyl halides is 3. The van der Waals surface area contributed by atoms with Crippen molar-refractivity contribution >= 4 is 17.2 Å². The van der Waals surface area contributed by atoms with E-state index in [0.29, 0.717) is 0 Å². The van der Waals surface area contributed by atoms with E-state index in [2.05, 4.69) is 15.2 Å². The molecular weight excluding hydrogens is 218 g/mol. The molecule has 0 fully saturated rings. The van der Waals surface area contributed by atoms with Gasteiger partial charge in [-0.15, -0.1) is 10.2 Å². The number of azo groups is 1. The summed E-state index contributed by atoms with van der Waals surface area (Å²) in [5.41, 5.74) is 0. The van der Waals surface area contributed by atoms with Crippen molar-refractivity contribution < 1.29 is 26.3 Å². The molecule has 0 aromatic rings. The Bertz CT molecular complexity index is 312. The lowest BCUT2D eigenvalue weighted by Gasteiger charge is -2.25. The van der Waals surface area contributed by atoms with Crippen LogP contribution in [-0.4, -0.2) is 26.0 Å². The zero-order valence-electron chi connectivity index (χ0n) is 5.58. The molecule has 0 saturated carbocycles. The normalized spacial score (nSPS) is 30.4. The first-order chi connectivity index (χ1) is 5.79. The highest BCUT2D eigenvalue weighted by Gasteiger charge is 2.60. The van der Waals surface area contributed by atoms with Crippen LogP contribution >= 0.6 is 0 Å². The lowest BCUT2D eigenvalue weighted by Crippen LogP contribution is -2.44. The minimum Gasteiger partial charge on any atom is -0.769 e. The smallest absolute Gasteiger partial charge is 0.447 e. The summed E-state index contributed by atoms with van der Waals surface area (Å²) in [5, 5.41) is 4.50. The van der Waals surface area contributed by atoms with Gasteiger partial charge in [0.1, 0.15) is 0 Å². The fourth-order valence-electron chi connectivity index (χ4n) is 0.564. The van der Waals surface area contributed by atoms with Gasteiger partial charge in [0.05, 0.1) is 0 Å². The number of nitrogens with zero attached hydrogens (tertiary/aromatic N) is 3. The van der Waals surface area contributed by atoms with Gasteiger partial charge < -0.3 is 4.55 Å². The zero-order chi connectivity index (χ0) is 10.3. The fraction of sp³-hybridized carbons (Fsp3) is 0.667. The molecule has 2 unspecified atom stereocenters. The van der Waals surface area contributed by atoms with E-state index in [1.807, 2.05) is 0 Å². The highest BCUT2D eigenvalue weighted by molar-refractivity contribution is 7.80. The van der Waals surface area contributed by atoms with Gasteiger partial charge >= 0.3 is 17.3 Å². The first kappa shape index (κ1) is 10.2. The third kappa shape index (κ3) is 1.46. The molecule has 0 aliphatic carbocycles. The molecular formula is C3F4N3O2S-. The van der Waals surface area contributed by atoms with Gasteiger partial charge in [-0.1, -0.05) is 0 Å². The summed E-state index contributed by atoms with van der Waals surface area (Å²) in [6, 6.07) is 0. The van der Waals surface area contributed by atoms with Crippen LogP contribution in [0, 0.1) is 0 Å². The molecule has 74 valence electrons. The summed E-state index contributed by atoms with van der Waals surface area (Å²) >= 11 is -3.75. The largest absolute Gasteiger partial charge is 0.769 e. The van der Waals surface area contributed by atoms with E-state index in [9.17, 15) is 26.3 Å². The summed E-state index contributed by atoms with van der Waals surface area (Å²) in [7, 11) is 0. The number of rotatable bonds is 1. The quantitative estimate of drug-likeness (QED) is 0.372. The van der Waals surface area contributed by atoms with E-state index < -0.39 is 28.3 Å². The molecule has 0 aromatic heterocycles. The number of hydrogen-bond acceptors (Lipinski definition) is 5. The van der Waals surface area contributed by atoms with Gasteiger partial charge in [-0.3, -0.25) is 4.21 Å². The molecule has 0 spiro atoms. The zero-order valence-corrected chi connectivity index (χ0v) is 6.39. The maximum absolute atomic E-state index is 12.0. The van der Waals surface area contributed by atoms with Gasteiger partial charge in [0, 0.05) is 11.1 Å². The van der Waals surface area contributed by atoms with Crippen molar-refractivity contribution in [3.63, 3.8) is 0 Å². The maximum atomic E-state index is 12.0. The predicted octanol–water partition coefficient (Wildman–Crippen LogP) is 0.873. The lowest BCUT2D eigenvalue weighted by molar-refractivity contribution is -0.158. The van der Waals surface area contributed by atoms with Crippen LogP contribution < -0.4 is 0 Å². The Morgan fingerprint density at radius 3 is 2.15 bits per heavy atom. The van der Waals surface area contributed by atoms with E-state index in [1.165, 1.54) is 0 Å². The highest BCUT2D eigenvalue weighted by Crippen LogP contribution is 2.40. The van der Waals surface area contributed by atoms with Crippen LogP contribution in [0.15, 0.2) is 15.2 Å². The highest BCUT2D eigenvalue weighted by atomic mass is 32.2. The average Bonchev–Trinajstić information content (AvgIpc) is 2.30. The number of aliphatic imine (C=N–C) groups is 1. The predicted molar refractivity (Wildman–Crippen MR) is 31.1 cm³/mol. The lowest BCUT2D eigenvalue weighted by atomic mass is 10.5. The molecule has 0 radical (unpaired) electrons. The molecule has 10 heteroatoms. The van der Waals surface area contributed by atoms with E-state index in [4.69, 9.17) is 0 Å². The van der Waals surface area contributed by atoms with Crippen molar-refractivity contribution in [2.24, 2.45) is 15.2 Å². The Morgan fingerprint density at radius 1 is 1.46 bits per heavy atom. The Labute approximate surface area is 70.8 Å². The van der Waals surface area contributed by atoms with Crippen LogP contribution in [0.2, 0.25) is 0 Å². The van der Waals surface area contributed by atoms with Crippen LogP contribution in [0.3, 0.4) is 0 Å². The third-order valence-corrected chi connectivity index (χ3v) is 1.98. The van der Waals surface area contributed by atoms with Gasteiger partial charge in [0.25, 0.3) is 0 Å². The van der Waals surface area contributed by atoms with Gasteiger partial charge in [0.15, 0.2) is 0 Å². The van der Waals surface area contributed by atoms with E-state index >= 15 is 0 Å². The topological polar surface area (TPSA) is 77.2 Å². The molecule has 0 aromatic carbocycles. The molecule has 5 nitrogen and oxygen atoms in total. The van der Waals surface area contributed by atoms with Crippen molar-refractivity contribution in [2.75, 3.05) is 0 Å². The minimum atomic E-state index is -5.32. The number of halogens is 4. The molecule has 1 aliphatic heterocycles. The number of hydrogen-bond donors (Lipinski definition) is 0. The van der Waals surface area contributed by atoms with Crippen LogP contribution in [-0.2, 0) is 11.1 Å². The first-order valence-electron chi connectivity index (χ1n) is 2.64. The molecule has 0 saturated heterocycles. The Balaban J connectivity index is 3.22. The summed E-state index contributed by atoms with van der Waals surface area (Å²) in [4.78, 5) is -1.64. The van der Waals surface area contributed by atoms with Crippen molar-refractivity contribution in [3.8, 4) is 0 Å². The maximum Gasteiger partial charge on any atom is 0.447 e. The molecule has 1 rings (SSSR count). The molecule has 0 bridgehead atoms. The van der Waals surface area contributed by atoms with Crippen LogP contribution in [0.25, 0.3) is 0 Å². The Morgan fingerprint density at radius 2 is 2.00 bits per heavy atom. The minimum absolute atomic E-state index is 1.82. The second-order valence-corrected chi connectivity index (χ2v) is 2.96. The van der Waals surface area contributed by atoms with E-state index in [1.54, 1.807) is 0 Å². The third-order valence-electron chi connectivity index (χ3n) is 1.11. The number of amidine groups is 1. The van der Waals surface area contributed by atoms with E-state index in [-0.39, 0.29) is 0 Å². The van der Waals surface area contributed by atoms with E-state index in [0.717, 1.165) is 0 Å². The Kier molecular flexibility index (Phi) is 2.20. The van der Waals surface area contributed by atoms with Crippen molar-refractivity contribution in [1.82, 2.24) is 0 Å². The van der Waals surface area contributed by atoms with Crippen LogP contribution in [0.4, 0.5) is 17.6 Å². The fourth-order valence-corrected chi connectivity index (χ4v) is 1.01. The van der Waals surface area contributed by atoms with Gasteiger partial charge in [-0.25, -0.2) is 0 Å². The van der Waals surface area contributed by atoms with Crippen molar-refractivity contribution in [1.29, 1.82) is 0 Å². The summed E-state index contributed by atoms with van der Waals surface area (Å²) < 4.78 is 68.4. The SMILES string of the molecule is O=S([O-])C1(C(F)(F)F)N=NC(F)=N1. The molecule has 0 N–H and O–H groups in total. The van der Waals surface area contributed by atoms with Gasteiger partial charge in [0.2, 0.25) is 0 Å². The average molecular weight is 218 g/mol. The second kappa shape index (κ2) is 2.80.